The van der Waals surface area contributed by atoms with Crippen LogP contribution in [0.25, 0.3) is 0 Å². The van der Waals surface area contributed by atoms with Gasteiger partial charge in [0.15, 0.2) is 0 Å². The van der Waals surface area contributed by atoms with Crippen LogP contribution < -0.4 is 5.32 Å². The van der Waals surface area contributed by atoms with E-state index in [0.717, 1.165) is 18.5 Å². The van der Waals surface area contributed by atoms with Crippen LogP contribution in [0.2, 0.25) is 0 Å². The number of hydrogen-bond acceptors (Lipinski definition) is 5. The Kier molecular flexibility index (Phi) is 4.82. The van der Waals surface area contributed by atoms with Crippen LogP contribution in [0, 0.1) is 11.3 Å². The van der Waals surface area contributed by atoms with Gasteiger partial charge in [0, 0.05) is 24.3 Å². The lowest BCUT2D eigenvalue weighted by Crippen LogP contribution is -2.42. The maximum absolute atomic E-state index is 12.5. The van der Waals surface area contributed by atoms with E-state index < -0.39 is 6.10 Å². The number of nitriles is 1. The number of furan rings is 1. The Morgan fingerprint density at radius 3 is 3.04 bits per heavy atom. The number of nitrogens with zero attached hydrogens (tertiary/aromatic N) is 2. The molecule has 0 radical (unpaired) electrons. The summed E-state index contributed by atoms with van der Waals surface area (Å²) in [6, 6.07) is 12.6. The predicted octanol–water partition coefficient (Wildman–Crippen LogP) is 2.36. The van der Waals surface area contributed by atoms with E-state index in [2.05, 4.69) is 5.32 Å². The summed E-state index contributed by atoms with van der Waals surface area (Å²) in [6.07, 6.45) is 1.14. The van der Waals surface area contributed by atoms with Crippen molar-refractivity contribution in [1.29, 1.82) is 5.26 Å². The molecule has 1 aromatic carbocycles. The summed E-state index contributed by atoms with van der Waals surface area (Å²) in [7, 11) is 0. The summed E-state index contributed by atoms with van der Waals surface area (Å²) < 4.78 is 5.31. The maximum Gasteiger partial charge on any atom is 0.254 e. The van der Waals surface area contributed by atoms with Crippen LogP contribution in [0.5, 0.6) is 0 Å². The number of amides is 1. The zero-order chi connectivity index (χ0) is 16.9. The van der Waals surface area contributed by atoms with Crippen LogP contribution in [0.3, 0.4) is 0 Å². The third kappa shape index (κ3) is 3.76. The molecule has 0 spiro atoms. The van der Waals surface area contributed by atoms with E-state index in [1.165, 1.54) is 0 Å². The molecule has 1 unspecified atom stereocenters. The van der Waals surface area contributed by atoms with E-state index in [0.29, 0.717) is 31.0 Å². The Balaban J connectivity index is 1.65. The van der Waals surface area contributed by atoms with Crippen molar-refractivity contribution in [3.05, 3.63) is 53.5 Å². The standard InChI is InChI=1S/C18H19N3O3/c19-10-16-6-7-17(24-16)11-20-14-4-1-3-13(9-14)18(23)21-8-2-5-15(22)12-21/h1,3-4,6-7,9,15,20,22H,2,5,8,11-12H2. The number of likely N-dealkylation sites (tertiary alicyclic amines) is 1. The fraction of sp³-hybridized carbons (Fsp3) is 0.333. The van der Waals surface area contributed by atoms with Crippen LogP contribution in [0.1, 0.15) is 34.7 Å². The first kappa shape index (κ1) is 16.1. The number of β-amino-alcohol motifs (C(OH)–C–C–N with tert-alkyl or cyclic N) is 1. The highest BCUT2D eigenvalue weighted by Crippen LogP contribution is 2.17. The highest BCUT2D eigenvalue weighted by Gasteiger charge is 2.23. The SMILES string of the molecule is N#Cc1ccc(CNc2cccc(C(=O)N3CCCC(O)C3)c2)o1. The van der Waals surface area contributed by atoms with Crippen LogP contribution in [0.4, 0.5) is 5.69 Å². The molecular weight excluding hydrogens is 306 g/mol. The Morgan fingerprint density at radius 1 is 1.42 bits per heavy atom. The van der Waals surface area contributed by atoms with E-state index in [9.17, 15) is 9.90 Å². The summed E-state index contributed by atoms with van der Waals surface area (Å²) in [5.74, 6) is 0.865. The number of carbonyl (C=O) groups excluding carboxylic acids is 1. The minimum atomic E-state index is -0.433. The highest BCUT2D eigenvalue weighted by molar-refractivity contribution is 5.95. The normalized spacial score (nSPS) is 17.3. The first-order valence-electron chi connectivity index (χ1n) is 7.96. The lowest BCUT2D eigenvalue weighted by molar-refractivity contribution is 0.0474. The van der Waals surface area contributed by atoms with Crippen LogP contribution in [0.15, 0.2) is 40.8 Å². The van der Waals surface area contributed by atoms with Gasteiger partial charge in [0.05, 0.1) is 12.6 Å². The first-order chi connectivity index (χ1) is 11.7. The molecule has 1 saturated heterocycles. The predicted molar refractivity (Wildman–Crippen MR) is 88.3 cm³/mol. The second-order valence-corrected chi connectivity index (χ2v) is 5.86. The molecular formula is C18H19N3O3. The second-order valence-electron chi connectivity index (χ2n) is 5.86. The number of aliphatic hydroxyl groups is 1. The fourth-order valence-electron chi connectivity index (χ4n) is 2.81. The molecule has 1 aromatic heterocycles. The molecule has 24 heavy (non-hydrogen) atoms. The molecule has 1 aliphatic heterocycles. The van der Waals surface area contributed by atoms with E-state index in [1.807, 2.05) is 18.2 Å². The number of rotatable bonds is 4. The zero-order valence-electron chi connectivity index (χ0n) is 13.2. The van der Waals surface area contributed by atoms with Gasteiger partial charge in [-0.25, -0.2) is 0 Å². The molecule has 1 fully saturated rings. The first-order valence-corrected chi connectivity index (χ1v) is 7.96. The van der Waals surface area contributed by atoms with Gasteiger partial charge in [0.25, 0.3) is 5.91 Å². The summed E-state index contributed by atoms with van der Waals surface area (Å²) in [5, 5.41) is 21.7. The molecule has 1 atom stereocenters. The summed E-state index contributed by atoms with van der Waals surface area (Å²) in [6.45, 7) is 1.50. The minimum Gasteiger partial charge on any atom is -0.449 e. The van der Waals surface area contributed by atoms with Crippen molar-refractivity contribution in [2.45, 2.75) is 25.5 Å². The maximum atomic E-state index is 12.5. The third-order valence-electron chi connectivity index (χ3n) is 4.03. The third-order valence-corrected chi connectivity index (χ3v) is 4.03. The van der Waals surface area contributed by atoms with Crippen LogP contribution in [-0.2, 0) is 6.54 Å². The largest absolute Gasteiger partial charge is 0.449 e. The summed E-state index contributed by atoms with van der Waals surface area (Å²) in [4.78, 5) is 14.2. The minimum absolute atomic E-state index is 0.0674. The molecule has 1 aliphatic rings. The molecule has 3 rings (SSSR count). The molecule has 2 heterocycles. The van der Waals surface area contributed by atoms with Gasteiger partial charge in [-0.15, -0.1) is 0 Å². The van der Waals surface area contributed by atoms with E-state index in [-0.39, 0.29) is 11.7 Å². The Hall–Kier alpha value is -2.78. The molecule has 1 amide bonds. The molecule has 2 N–H and O–H groups in total. The van der Waals surface area contributed by atoms with Crippen molar-refractivity contribution >= 4 is 11.6 Å². The van der Waals surface area contributed by atoms with Gasteiger partial charge in [-0.05, 0) is 43.2 Å². The van der Waals surface area contributed by atoms with Crippen LogP contribution >= 0.6 is 0 Å². The average molecular weight is 325 g/mol. The number of anilines is 1. The smallest absolute Gasteiger partial charge is 0.254 e. The number of nitrogens with one attached hydrogen (secondary N) is 1. The highest BCUT2D eigenvalue weighted by atomic mass is 16.3. The van der Waals surface area contributed by atoms with Gasteiger partial charge in [0.2, 0.25) is 5.76 Å². The topological polar surface area (TPSA) is 89.5 Å². The molecule has 124 valence electrons. The van der Waals surface area contributed by atoms with Gasteiger partial charge in [-0.2, -0.15) is 5.26 Å². The van der Waals surface area contributed by atoms with Gasteiger partial charge in [0.1, 0.15) is 11.8 Å². The monoisotopic (exact) mass is 325 g/mol. The Labute approximate surface area is 140 Å². The van der Waals surface area contributed by atoms with Gasteiger partial charge in [-0.1, -0.05) is 6.07 Å². The fourth-order valence-corrected chi connectivity index (χ4v) is 2.81. The molecule has 0 bridgehead atoms. The number of hydrogen-bond donors (Lipinski definition) is 2. The molecule has 6 nitrogen and oxygen atoms in total. The average Bonchev–Trinajstić information content (AvgIpc) is 3.08. The molecule has 2 aromatic rings. The number of carbonyl (C=O) groups is 1. The van der Waals surface area contributed by atoms with Crippen molar-refractivity contribution in [2.24, 2.45) is 0 Å². The summed E-state index contributed by atoms with van der Waals surface area (Å²) >= 11 is 0. The van der Waals surface area contributed by atoms with Gasteiger partial charge >= 0.3 is 0 Å². The van der Waals surface area contributed by atoms with E-state index in [4.69, 9.17) is 9.68 Å². The molecule has 0 aliphatic carbocycles. The van der Waals surface area contributed by atoms with Gasteiger partial charge in [-0.3, -0.25) is 4.79 Å². The molecule has 0 saturated carbocycles. The van der Waals surface area contributed by atoms with Gasteiger partial charge < -0.3 is 19.7 Å². The Morgan fingerprint density at radius 2 is 2.29 bits per heavy atom. The number of piperidine rings is 1. The number of aliphatic hydroxyl groups excluding tert-OH is 1. The van der Waals surface area contributed by atoms with Crippen molar-refractivity contribution in [3.63, 3.8) is 0 Å². The zero-order valence-corrected chi connectivity index (χ0v) is 13.2. The van der Waals surface area contributed by atoms with E-state index in [1.54, 1.807) is 29.2 Å². The lowest BCUT2D eigenvalue weighted by Gasteiger charge is -2.30. The second kappa shape index (κ2) is 7.20. The lowest BCUT2D eigenvalue weighted by atomic mass is 10.1. The Bertz CT molecular complexity index is 763. The molecule has 6 heteroatoms. The van der Waals surface area contributed by atoms with Crippen LogP contribution in [-0.4, -0.2) is 35.1 Å². The van der Waals surface area contributed by atoms with Crippen molar-refractivity contribution < 1.29 is 14.3 Å². The van der Waals surface area contributed by atoms with E-state index >= 15 is 0 Å². The number of benzene rings is 1. The van der Waals surface area contributed by atoms with Crippen molar-refractivity contribution in [2.75, 3.05) is 18.4 Å². The quantitative estimate of drug-likeness (QED) is 0.901. The van der Waals surface area contributed by atoms with Crippen molar-refractivity contribution in [1.82, 2.24) is 4.90 Å². The summed E-state index contributed by atoms with van der Waals surface area (Å²) in [5.41, 5.74) is 1.39. The van der Waals surface area contributed by atoms with Crippen molar-refractivity contribution in [3.8, 4) is 6.07 Å².